The van der Waals surface area contributed by atoms with Crippen LogP contribution in [0.4, 0.5) is 0 Å². The van der Waals surface area contributed by atoms with E-state index in [9.17, 15) is 13.2 Å². The van der Waals surface area contributed by atoms with E-state index in [1.807, 2.05) is 32.0 Å². The number of carbonyl (C=O) groups is 1. The molecule has 1 atom stereocenters. The minimum Gasteiger partial charge on any atom is -0.469 e. The monoisotopic (exact) mass is 284 g/mol. The zero-order valence-corrected chi connectivity index (χ0v) is 12.6. The highest BCUT2D eigenvalue weighted by molar-refractivity contribution is 7.90. The van der Waals surface area contributed by atoms with Crippen LogP contribution in [0.2, 0.25) is 0 Å². The van der Waals surface area contributed by atoms with Gasteiger partial charge in [0, 0.05) is 0 Å². The Balaban J connectivity index is 2.85. The van der Waals surface area contributed by atoms with Crippen LogP contribution in [-0.4, -0.2) is 27.2 Å². The molecule has 0 aliphatic heterocycles. The first-order chi connectivity index (χ1) is 8.75. The Hall–Kier alpha value is -1.36. The molecule has 0 aliphatic carbocycles. The van der Waals surface area contributed by atoms with Gasteiger partial charge in [-0.25, -0.2) is 8.42 Å². The van der Waals surface area contributed by atoms with Gasteiger partial charge in [-0.1, -0.05) is 30.7 Å². The molecule has 0 saturated carbocycles. The molecule has 0 saturated heterocycles. The summed E-state index contributed by atoms with van der Waals surface area (Å²) < 4.78 is 28.7. The average molecular weight is 284 g/mol. The maximum Gasteiger partial charge on any atom is 0.309 e. The molecule has 0 amide bonds. The van der Waals surface area contributed by atoms with Crippen LogP contribution in [0.1, 0.15) is 23.6 Å². The molecular formula is C14H20O4S. The molecule has 106 valence electrons. The van der Waals surface area contributed by atoms with Crippen LogP contribution in [0.25, 0.3) is 0 Å². The van der Waals surface area contributed by atoms with E-state index >= 15 is 0 Å². The zero-order chi connectivity index (χ0) is 14.6. The maximum atomic E-state index is 12.1. The summed E-state index contributed by atoms with van der Waals surface area (Å²) in [7, 11) is -2.07. The molecule has 4 nitrogen and oxygen atoms in total. The van der Waals surface area contributed by atoms with Crippen LogP contribution < -0.4 is 0 Å². The van der Waals surface area contributed by atoms with E-state index in [1.54, 1.807) is 6.92 Å². The largest absolute Gasteiger partial charge is 0.469 e. The second kappa shape index (κ2) is 6.19. The van der Waals surface area contributed by atoms with Crippen molar-refractivity contribution in [2.24, 2.45) is 5.92 Å². The van der Waals surface area contributed by atoms with Crippen LogP contribution in [0.15, 0.2) is 18.2 Å². The number of rotatable bonds is 5. The average Bonchev–Trinajstić information content (AvgIpc) is 2.31. The van der Waals surface area contributed by atoms with Crippen molar-refractivity contribution in [3.05, 3.63) is 34.9 Å². The van der Waals surface area contributed by atoms with Gasteiger partial charge >= 0.3 is 5.97 Å². The third kappa shape index (κ3) is 4.67. The number of carbonyl (C=O) groups excluding carboxylic acids is 1. The number of ether oxygens (including phenoxy) is 1. The smallest absolute Gasteiger partial charge is 0.309 e. The first-order valence-electron chi connectivity index (χ1n) is 6.09. The standard InChI is InChI=1S/C14H20O4S/c1-10-5-6-11(2)13(7-10)9-19(16,17)8-12(3)14(15)18-4/h5-7,12H,8-9H2,1-4H3. The van der Waals surface area contributed by atoms with Gasteiger partial charge in [0.1, 0.15) is 0 Å². The Morgan fingerprint density at radius 3 is 2.53 bits per heavy atom. The lowest BCUT2D eigenvalue weighted by Crippen LogP contribution is -2.23. The Morgan fingerprint density at radius 2 is 1.95 bits per heavy atom. The summed E-state index contributed by atoms with van der Waals surface area (Å²) in [6.07, 6.45) is 0. The van der Waals surface area contributed by atoms with E-state index in [4.69, 9.17) is 0 Å². The van der Waals surface area contributed by atoms with Crippen molar-refractivity contribution in [3.8, 4) is 0 Å². The van der Waals surface area contributed by atoms with E-state index < -0.39 is 21.7 Å². The summed E-state index contributed by atoms with van der Waals surface area (Å²) in [5, 5.41) is 0. The maximum absolute atomic E-state index is 12.1. The van der Waals surface area contributed by atoms with Crippen LogP contribution in [0, 0.1) is 19.8 Å². The normalized spacial score (nSPS) is 13.1. The summed E-state index contributed by atoms with van der Waals surface area (Å²) in [4.78, 5) is 11.3. The second-order valence-electron chi connectivity index (χ2n) is 4.91. The minimum atomic E-state index is -3.33. The summed E-state index contributed by atoms with van der Waals surface area (Å²) in [5.41, 5.74) is 2.76. The highest BCUT2D eigenvalue weighted by Gasteiger charge is 2.23. The zero-order valence-electron chi connectivity index (χ0n) is 11.8. The fourth-order valence-corrected chi connectivity index (χ4v) is 3.70. The molecule has 1 rings (SSSR count). The Labute approximate surface area is 114 Å². The number of hydrogen-bond acceptors (Lipinski definition) is 4. The minimum absolute atomic E-state index is 0.0398. The van der Waals surface area contributed by atoms with E-state index in [0.29, 0.717) is 0 Å². The molecule has 1 aromatic rings. The molecule has 1 aromatic carbocycles. The molecule has 0 radical (unpaired) electrons. The van der Waals surface area contributed by atoms with E-state index in [0.717, 1.165) is 16.7 Å². The van der Waals surface area contributed by atoms with Crippen molar-refractivity contribution in [3.63, 3.8) is 0 Å². The quantitative estimate of drug-likeness (QED) is 0.776. The van der Waals surface area contributed by atoms with Gasteiger partial charge in [-0.05, 0) is 25.0 Å². The lowest BCUT2D eigenvalue weighted by Gasteiger charge is -2.11. The highest BCUT2D eigenvalue weighted by Crippen LogP contribution is 2.16. The van der Waals surface area contributed by atoms with Gasteiger partial charge in [0.05, 0.1) is 24.5 Å². The Kier molecular flexibility index (Phi) is 5.11. The molecule has 0 fully saturated rings. The molecule has 0 aliphatic rings. The third-order valence-corrected chi connectivity index (χ3v) is 4.75. The predicted octanol–water partition coefficient (Wildman–Crippen LogP) is 2.03. The lowest BCUT2D eigenvalue weighted by molar-refractivity contribution is -0.144. The van der Waals surface area contributed by atoms with Gasteiger partial charge < -0.3 is 4.74 Å². The number of hydrogen-bond donors (Lipinski definition) is 0. The number of sulfone groups is 1. The van der Waals surface area contributed by atoms with Crippen molar-refractivity contribution in [2.45, 2.75) is 26.5 Å². The molecule has 5 heteroatoms. The molecule has 19 heavy (non-hydrogen) atoms. The van der Waals surface area contributed by atoms with Crippen LogP contribution in [0.3, 0.4) is 0 Å². The SMILES string of the molecule is COC(=O)C(C)CS(=O)(=O)Cc1cc(C)ccc1C. The number of aryl methyl sites for hydroxylation is 2. The van der Waals surface area contributed by atoms with Crippen LogP contribution in [-0.2, 0) is 25.1 Å². The first kappa shape index (κ1) is 15.7. The Bertz CT molecular complexity index is 561. The third-order valence-electron chi connectivity index (χ3n) is 2.99. The second-order valence-corrected chi connectivity index (χ2v) is 7.02. The van der Waals surface area contributed by atoms with E-state index in [-0.39, 0.29) is 11.5 Å². The van der Waals surface area contributed by atoms with Gasteiger partial charge in [-0.3, -0.25) is 4.79 Å². The molecule has 0 bridgehead atoms. The summed E-state index contributed by atoms with van der Waals surface area (Å²) in [5.74, 6) is -1.36. The van der Waals surface area contributed by atoms with Crippen LogP contribution in [0.5, 0.6) is 0 Å². The van der Waals surface area contributed by atoms with E-state index in [1.165, 1.54) is 7.11 Å². The number of esters is 1. The molecule has 0 aromatic heterocycles. The molecule has 0 N–H and O–H groups in total. The van der Waals surface area contributed by atoms with Gasteiger partial charge in [-0.2, -0.15) is 0 Å². The Morgan fingerprint density at radius 1 is 1.32 bits per heavy atom. The fraction of sp³-hybridized carbons (Fsp3) is 0.500. The summed E-state index contributed by atoms with van der Waals surface area (Å²) >= 11 is 0. The van der Waals surface area contributed by atoms with E-state index in [2.05, 4.69) is 4.74 Å². The summed E-state index contributed by atoms with van der Waals surface area (Å²) in [6, 6.07) is 5.72. The van der Waals surface area contributed by atoms with Gasteiger partial charge in [0.25, 0.3) is 0 Å². The van der Waals surface area contributed by atoms with Gasteiger partial charge in [0.15, 0.2) is 9.84 Å². The molecule has 0 spiro atoms. The van der Waals surface area contributed by atoms with Crippen LogP contribution >= 0.6 is 0 Å². The molecule has 1 unspecified atom stereocenters. The molecular weight excluding hydrogens is 264 g/mol. The fourth-order valence-electron chi connectivity index (χ4n) is 1.90. The van der Waals surface area contributed by atoms with Crippen molar-refractivity contribution in [1.29, 1.82) is 0 Å². The lowest BCUT2D eigenvalue weighted by atomic mass is 10.1. The van der Waals surface area contributed by atoms with Gasteiger partial charge in [0.2, 0.25) is 0 Å². The van der Waals surface area contributed by atoms with Gasteiger partial charge in [-0.15, -0.1) is 0 Å². The topological polar surface area (TPSA) is 60.4 Å². The van der Waals surface area contributed by atoms with Crippen molar-refractivity contribution in [1.82, 2.24) is 0 Å². The predicted molar refractivity (Wildman–Crippen MR) is 74.6 cm³/mol. The number of benzene rings is 1. The van der Waals surface area contributed by atoms with Crippen molar-refractivity contribution < 1.29 is 17.9 Å². The molecule has 0 heterocycles. The first-order valence-corrected chi connectivity index (χ1v) is 7.91. The van der Waals surface area contributed by atoms with Crippen molar-refractivity contribution in [2.75, 3.05) is 12.9 Å². The van der Waals surface area contributed by atoms with Crippen molar-refractivity contribution >= 4 is 15.8 Å². The summed E-state index contributed by atoms with van der Waals surface area (Å²) in [6.45, 7) is 5.37. The number of methoxy groups -OCH3 is 1. The highest BCUT2D eigenvalue weighted by atomic mass is 32.2.